The van der Waals surface area contributed by atoms with Crippen molar-refractivity contribution in [1.82, 2.24) is 4.90 Å². The van der Waals surface area contributed by atoms with Gasteiger partial charge in [-0.2, -0.15) is 0 Å². The number of piperidine rings is 1. The first-order valence-electron chi connectivity index (χ1n) is 7.40. The van der Waals surface area contributed by atoms with E-state index in [0.29, 0.717) is 17.5 Å². The van der Waals surface area contributed by atoms with Gasteiger partial charge in [0.05, 0.1) is 4.99 Å². The standard InChI is InChI=1S/C16H24N2OS/c17-16(20)11-13-4-6-14(7-5-13)12-18-9-2-1-3-15(18)8-10-19/h4-7,15,19H,1-3,8-12H2,(H2,17,20). The van der Waals surface area contributed by atoms with Crippen molar-refractivity contribution in [3.8, 4) is 0 Å². The Morgan fingerprint density at radius 2 is 1.95 bits per heavy atom. The van der Waals surface area contributed by atoms with Gasteiger partial charge >= 0.3 is 0 Å². The summed E-state index contributed by atoms with van der Waals surface area (Å²) in [5.41, 5.74) is 8.06. The molecule has 1 aromatic rings. The number of hydrogen-bond acceptors (Lipinski definition) is 3. The molecule has 0 radical (unpaired) electrons. The molecule has 3 nitrogen and oxygen atoms in total. The molecule has 3 N–H and O–H groups in total. The minimum absolute atomic E-state index is 0.286. The first-order valence-corrected chi connectivity index (χ1v) is 7.81. The second-order valence-corrected chi connectivity index (χ2v) is 6.12. The maximum atomic E-state index is 9.17. The SMILES string of the molecule is NC(=S)Cc1ccc(CN2CCCCC2CCO)cc1. The average molecular weight is 292 g/mol. The number of nitrogens with two attached hydrogens (primary N) is 1. The highest BCUT2D eigenvalue weighted by Gasteiger charge is 2.21. The van der Waals surface area contributed by atoms with Crippen LogP contribution in [0.2, 0.25) is 0 Å². The van der Waals surface area contributed by atoms with Gasteiger partial charge in [0, 0.05) is 25.6 Å². The molecule has 2 rings (SSSR count). The van der Waals surface area contributed by atoms with Gasteiger partial charge in [-0.15, -0.1) is 0 Å². The summed E-state index contributed by atoms with van der Waals surface area (Å²) in [6.07, 6.45) is 5.32. The van der Waals surface area contributed by atoms with Crippen LogP contribution >= 0.6 is 12.2 Å². The van der Waals surface area contributed by atoms with E-state index in [0.717, 1.165) is 19.5 Å². The van der Waals surface area contributed by atoms with Crippen molar-refractivity contribution in [2.75, 3.05) is 13.2 Å². The first-order chi connectivity index (χ1) is 9.69. The Hall–Kier alpha value is -0.970. The molecular weight excluding hydrogens is 268 g/mol. The fourth-order valence-electron chi connectivity index (χ4n) is 2.94. The quantitative estimate of drug-likeness (QED) is 0.790. The van der Waals surface area contributed by atoms with Crippen LogP contribution in [-0.2, 0) is 13.0 Å². The van der Waals surface area contributed by atoms with Crippen molar-refractivity contribution >= 4 is 17.2 Å². The molecule has 0 aliphatic carbocycles. The summed E-state index contributed by atoms with van der Waals surface area (Å²) in [7, 11) is 0. The Morgan fingerprint density at radius 3 is 2.60 bits per heavy atom. The Balaban J connectivity index is 1.95. The monoisotopic (exact) mass is 292 g/mol. The summed E-state index contributed by atoms with van der Waals surface area (Å²) in [4.78, 5) is 3.04. The largest absolute Gasteiger partial charge is 0.396 e. The van der Waals surface area contributed by atoms with E-state index in [1.54, 1.807) is 0 Å². The third-order valence-corrected chi connectivity index (χ3v) is 4.14. The predicted octanol–water partition coefficient (Wildman–Crippen LogP) is 2.25. The van der Waals surface area contributed by atoms with Crippen LogP contribution in [0.25, 0.3) is 0 Å². The highest BCUT2D eigenvalue weighted by atomic mass is 32.1. The molecule has 0 spiro atoms. The van der Waals surface area contributed by atoms with E-state index in [9.17, 15) is 5.11 Å². The summed E-state index contributed by atoms with van der Waals surface area (Å²) < 4.78 is 0. The fraction of sp³-hybridized carbons (Fsp3) is 0.562. The maximum absolute atomic E-state index is 9.17. The average Bonchev–Trinajstić information content (AvgIpc) is 2.43. The first kappa shape index (κ1) is 15.4. The second kappa shape index (κ2) is 7.72. The van der Waals surface area contributed by atoms with Crippen molar-refractivity contribution in [3.05, 3.63) is 35.4 Å². The Morgan fingerprint density at radius 1 is 1.25 bits per heavy atom. The summed E-state index contributed by atoms with van der Waals surface area (Å²) in [6.45, 7) is 2.39. The normalized spacial score (nSPS) is 19.9. The number of rotatable bonds is 6. The number of aliphatic hydroxyl groups is 1. The molecule has 110 valence electrons. The molecule has 0 aromatic heterocycles. The number of likely N-dealkylation sites (tertiary alicyclic amines) is 1. The topological polar surface area (TPSA) is 49.5 Å². The summed E-state index contributed by atoms with van der Waals surface area (Å²) >= 11 is 4.93. The van der Waals surface area contributed by atoms with Crippen LogP contribution in [-0.4, -0.2) is 34.2 Å². The van der Waals surface area contributed by atoms with Gasteiger partial charge in [0.1, 0.15) is 0 Å². The highest BCUT2D eigenvalue weighted by molar-refractivity contribution is 7.80. The van der Waals surface area contributed by atoms with E-state index in [1.165, 1.54) is 30.4 Å². The molecule has 1 atom stereocenters. The zero-order chi connectivity index (χ0) is 14.4. The van der Waals surface area contributed by atoms with Crippen LogP contribution < -0.4 is 5.73 Å². The van der Waals surface area contributed by atoms with Crippen LogP contribution in [0, 0.1) is 0 Å². The third kappa shape index (κ3) is 4.54. The summed E-state index contributed by atoms with van der Waals surface area (Å²) in [5, 5.41) is 9.17. The van der Waals surface area contributed by atoms with Gasteiger partial charge in [-0.3, -0.25) is 4.90 Å². The van der Waals surface area contributed by atoms with Crippen LogP contribution in [0.15, 0.2) is 24.3 Å². The van der Waals surface area contributed by atoms with Gasteiger partial charge in [-0.05, 0) is 36.9 Å². The van der Waals surface area contributed by atoms with Crippen LogP contribution in [0.4, 0.5) is 0 Å². The smallest absolute Gasteiger partial charge is 0.0771 e. The number of thiocarbonyl (C=S) groups is 1. The minimum Gasteiger partial charge on any atom is -0.396 e. The van der Waals surface area contributed by atoms with Crippen molar-refractivity contribution < 1.29 is 5.11 Å². The lowest BCUT2D eigenvalue weighted by molar-refractivity contribution is 0.112. The zero-order valence-corrected chi connectivity index (χ0v) is 12.7. The molecule has 1 aliphatic rings. The Bertz CT molecular complexity index is 431. The molecule has 0 saturated carbocycles. The minimum atomic E-state index is 0.286. The Labute approximate surface area is 126 Å². The van der Waals surface area contributed by atoms with E-state index >= 15 is 0 Å². The van der Waals surface area contributed by atoms with E-state index < -0.39 is 0 Å². The molecule has 1 heterocycles. The lowest BCUT2D eigenvalue weighted by Crippen LogP contribution is -2.39. The Kier molecular flexibility index (Phi) is 5.95. The summed E-state index contributed by atoms with van der Waals surface area (Å²) in [6, 6.07) is 9.08. The lowest BCUT2D eigenvalue weighted by Gasteiger charge is -2.35. The molecule has 1 aliphatic heterocycles. The molecule has 0 bridgehead atoms. The molecule has 1 unspecified atom stereocenters. The number of nitrogens with zero attached hydrogens (tertiary/aromatic N) is 1. The molecular formula is C16H24N2OS. The van der Waals surface area contributed by atoms with E-state index in [1.807, 2.05) is 0 Å². The van der Waals surface area contributed by atoms with E-state index in [2.05, 4.69) is 29.2 Å². The van der Waals surface area contributed by atoms with Gasteiger partial charge in [-0.1, -0.05) is 42.9 Å². The molecule has 1 fully saturated rings. The maximum Gasteiger partial charge on any atom is 0.0771 e. The molecule has 1 aromatic carbocycles. The number of hydrogen-bond donors (Lipinski definition) is 2. The third-order valence-electron chi connectivity index (χ3n) is 4.00. The van der Waals surface area contributed by atoms with E-state index in [-0.39, 0.29) is 6.61 Å². The summed E-state index contributed by atoms with van der Waals surface area (Å²) in [5.74, 6) is 0. The molecule has 1 saturated heterocycles. The van der Waals surface area contributed by atoms with Crippen molar-refractivity contribution in [1.29, 1.82) is 0 Å². The van der Waals surface area contributed by atoms with Gasteiger partial charge in [0.15, 0.2) is 0 Å². The van der Waals surface area contributed by atoms with Gasteiger partial charge in [-0.25, -0.2) is 0 Å². The molecule has 4 heteroatoms. The zero-order valence-electron chi connectivity index (χ0n) is 11.9. The van der Waals surface area contributed by atoms with Crippen LogP contribution in [0.3, 0.4) is 0 Å². The lowest BCUT2D eigenvalue weighted by atomic mass is 9.98. The molecule has 20 heavy (non-hydrogen) atoms. The predicted molar refractivity (Wildman–Crippen MR) is 86.7 cm³/mol. The fourth-order valence-corrected chi connectivity index (χ4v) is 3.11. The van der Waals surface area contributed by atoms with Gasteiger partial charge in [0.25, 0.3) is 0 Å². The highest BCUT2D eigenvalue weighted by Crippen LogP contribution is 2.22. The van der Waals surface area contributed by atoms with Crippen LogP contribution in [0.1, 0.15) is 36.8 Å². The molecule has 0 amide bonds. The van der Waals surface area contributed by atoms with Crippen molar-refractivity contribution in [2.24, 2.45) is 5.73 Å². The van der Waals surface area contributed by atoms with Crippen LogP contribution in [0.5, 0.6) is 0 Å². The van der Waals surface area contributed by atoms with E-state index in [4.69, 9.17) is 18.0 Å². The number of aliphatic hydroxyl groups excluding tert-OH is 1. The van der Waals surface area contributed by atoms with Gasteiger partial charge < -0.3 is 10.8 Å². The van der Waals surface area contributed by atoms with Crippen molar-refractivity contribution in [3.63, 3.8) is 0 Å². The van der Waals surface area contributed by atoms with Gasteiger partial charge in [0.2, 0.25) is 0 Å². The second-order valence-electron chi connectivity index (χ2n) is 5.59. The number of benzene rings is 1. The van der Waals surface area contributed by atoms with Crippen molar-refractivity contribution in [2.45, 2.75) is 44.7 Å².